The van der Waals surface area contributed by atoms with E-state index in [4.69, 9.17) is 9.15 Å². The van der Waals surface area contributed by atoms with Crippen LogP contribution in [0.1, 0.15) is 16.9 Å². The predicted molar refractivity (Wildman–Crippen MR) is 104 cm³/mol. The van der Waals surface area contributed by atoms with E-state index < -0.39 is 12.1 Å². The summed E-state index contributed by atoms with van der Waals surface area (Å²) in [5.74, 6) is 0.329. The summed E-state index contributed by atoms with van der Waals surface area (Å²) in [7, 11) is 0. The van der Waals surface area contributed by atoms with Crippen LogP contribution in [0.15, 0.2) is 83.5 Å². The van der Waals surface area contributed by atoms with Crippen LogP contribution in [0.4, 0.5) is 4.79 Å². The lowest BCUT2D eigenvalue weighted by atomic mass is 10.1. The second-order valence-electron chi connectivity index (χ2n) is 6.25. The van der Waals surface area contributed by atoms with Gasteiger partial charge in [0, 0.05) is 6.42 Å². The van der Waals surface area contributed by atoms with Crippen LogP contribution < -0.4 is 10.6 Å². The van der Waals surface area contributed by atoms with Gasteiger partial charge in [-0.3, -0.25) is 4.79 Å². The molecule has 1 heterocycles. The molecule has 0 unspecified atom stereocenters. The maximum atomic E-state index is 12.6. The minimum atomic E-state index is -0.763. The Kier molecular flexibility index (Phi) is 6.84. The highest BCUT2D eigenvalue weighted by Gasteiger charge is 2.22. The molecule has 1 aromatic heterocycles. The zero-order chi connectivity index (χ0) is 19.6. The molecular weight excluding hydrogens is 356 g/mol. The number of ether oxygens (including phenoxy) is 1. The molecule has 0 radical (unpaired) electrons. The molecule has 6 nitrogen and oxygen atoms in total. The number of hydrogen-bond donors (Lipinski definition) is 2. The average molecular weight is 378 g/mol. The second-order valence-corrected chi connectivity index (χ2v) is 6.25. The molecule has 3 aromatic rings. The Hall–Kier alpha value is -3.54. The summed E-state index contributed by atoms with van der Waals surface area (Å²) >= 11 is 0. The number of furan rings is 1. The number of carbonyl (C=O) groups is 2. The minimum absolute atomic E-state index is 0.138. The molecule has 0 fully saturated rings. The Bertz CT molecular complexity index is 864. The molecule has 0 aliphatic rings. The van der Waals surface area contributed by atoms with Crippen molar-refractivity contribution in [3.8, 4) is 0 Å². The number of rotatable bonds is 8. The van der Waals surface area contributed by atoms with Crippen LogP contribution >= 0.6 is 0 Å². The molecule has 2 N–H and O–H groups in total. The zero-order valence-electron chi connectivity index (χ0n) is 15.3. The lowest BCUT2D eigenvalue weighted by molar-refractivity contribution is -0.123. The van der Waals surface area contributed by atoms with Gasteiger partial charge < -0.3 is 19.8 Å². The normalized spacial score (nSPS) is 11.4. The fraction of sp³-hybridized carbons (Fsp3) is 0.182. The molecule has 0 saturated carbocycles. The third-order valence-corrected chi connectivity index (χ3v) is 4.12. The van der Waals surface area contributed by atoms with E-state index >= 15 is 0 Å². The van der Waals surface area contributed by atoms with Crippen molar-refractivity contribution >= 4 is 12.0 Å². The molecular formula is C22H22N2O4. The van der Waals surface area contributed by atoms with Gasteiger partial charge in [-0.2, -0.15) is 0 Å². The molecule has 0 spiro atoms. The third-order valence-electron chi connectivity index (χ3n) is 4.12. The first-order chi connectivity index (χ1) is 13.7. The molecule has 0 bridgehead atoms. The highest BCUT2D eigenvalue weighted by atomic mass is 16.5. The van der Waals surface area contributed by atoms with Crippen molar-refractivity contribution in [2.24, 2.45) is 0 Å². The van der Waals surface area contributed by atoms with Gasteiger partial charge in [0.25, 0.3) is 0 Å². The van der Waals surface area contributed by atoms with Gasteiger partial charge in [-0.25, -0.2) is 4.79 Å². The van der Waals surface area contributed by atoms with Crippen LogP contribution in [0.3, 0.4) is 0 Å². The molecule has 2 aromatic carbocycles. The predicted octanol–water partition coefficient (Wildman–Crippen LogP) is 3.43. The maximum Gasteiger partial charge on any atom is 0.408 e. The first-order valence-electron chi connectivity index (χ1n) is 9.02. The first kappa shape index (κ1) is 19.2. The number of alkyl carbamates (subject to hydrolysis) is 1. The highest BCUT2D eigenvalue weighted by molar-refractivity contribution is 5.85. The summed E-state index contributed by atoms with van der Waals surface area (Å²) in [6.07, 6.45) is 1.26. The van der Waals surface area contributed by atoms with Gasteiger partial charge in [-0.05, 0) is 23.3 Å². The third kappa shape index (κ3) is 6.02. The van der Waals surface area contributed by atoms with E-state index in [1.54, 1.807) is 18.4 Å². The quantitative estimate of drug-likeness (QED) is 0.629. The Morgan fingerprint density at radius 3 is 2.21 bits per heavy atom. The Balaban J connectivity index is 1.59. The van der Waals surface area contributed by atoms with Crippen LogP contribution in [0.2, 0.25) is 0 Å². The largest absolute Gasteiger partial charge is 0.467 e. The lowest BCUT2D eigenvalue weighted by Crippen LogP contribution is -2.48. The van der Waals surface area contributed by atoms with Crippen LogP contribution in [-0.2, 0) is 29.1 Å². The number of amides is 2. The van der Waals surface area contributed by atoms with Gasteiger partial charge in [0.2, 0.25) is 5.91 Å². The van der Waals surface area contributed by atoms with E-state index in [9.17, 15) is 9.59 Å². The van der Waals surface area contributed by atoms with E-state index in [2.05, 4.69) is 10.6 Å². The van der Waals surface area contributed by atoms with Crippen molar-refractivity contribution in [1.29, 1.82) is 0 Å². The van der Waals surface area contributed by atoms with Crippen molar-refractivity contribution in [2.75, 3.05) is 0 Å². The fourth-order valence-electron chi connectivity index (χ4n) is 2.68. The standard InChI is InChI=1S/C22H22N2O4/c25-21(23-15-19-12-7-13-27-19)20(14-17-8-3-1-4-9-17)24-22(26)28-16-18-10-5-2-6-11-18/h1-13,20H,14-16H2,(H,23,25)(H,24,26)/t20-/m1/s1. The Labute approximate surface area is 163 Å². The molecule has 0 aliphatic heterocycles. The minimum Gasteiger partial charge on any atom is -0.467 e. The van der Waals surface area contributed by atoms with Crippen molar-refractivity contribution in [1.82, 2.24) is 10.6 Å². The van der Waals surface area contributed by atoms with Gasteiger partial charge in [0.15, 0.2) is 0 Å². The van der Waals surface area contributed by atoms with E-state index in [-0.39, 0.29) is 19.1 Å². The SMILES string of the molecule is O=C(N[C@H](Cc1ccccc1)C(=O)NCc1ccco1)OCc1ccccc1. The molecule has 144 valence electrons. The van der Waals surface area contributed by atoms with E-state index in [0.717, 1.165) is 11.1 Å². The van der Waals surface area contributed by atoms with Crippen molar-refractivity contribution in [3.63, 3.8) is 0 Å². The van der Waals surface area contributed by atoms with Crippen LogP contribution in [0.25, 0.3) is 0 Å². The summed E-state index contributed by atoms with van der Waals surface area (Å²) in [5.41, 5.74) is 1.81. The monoisotopic (exact) mass is 378 g/mol. The highest BCUT2D eigenvalue weighted by Crippen LogP contribution is 2.06. The average Bonchev–Trinajstić information content (AvgIpc) is 3.25. The number of nitrogens with one attached hydrogen (secondary N) is 2. The van der Waals surface area contributed by atoms with Gasteiger partial charge in [0.05, 0.1) is 12.8 Å². The molecule has 3 rings (SSSR count). The lowest BCUT2D eigenvalue weighted by Gasteiger charge is -2.18. The number of carbonyl (C=O) groups excluding carboxylic acids is 2. The van der Waals surface area contributed by atoms with Gasteiger partial charge in [0.1, 0.15) is 18.4 Å². The van der Waals surface area contributed by atoms with Gasteiger partial charge >= 0.3 is 6.09 Å². The number of hydrogen-bond acceptors (Lipinski definition) is 4. The summed E-state index contributed by atoms with van der Waals surface area (Å²) in [6, 6.07) is 21.6. The summed E-state index contributed by atoms with van der Waals surface area (Å²) < 4.78 is 10.5. The molecule has 1 atom stereocenters. The molecule has 28 heavy (non-hydrogen) atoms. The molecule has 2 amide bonds. The van der Waals surface area contributed by atoms with E-state index in [0.29, 0.717) is 12.2 Å². The molecule has 0 aliphatic carbocycles. The fourth-order valence-corrected chi connectivity index (χ4v) is 2.68. The maximum absolute atomic E-state index is 12.6. The second kappa shape index (κ2) is 9.97. The Morgan fingerprint density at radius 1 is 0.893 bits per heavy atom. The van der Waals surface area contributed by atoms with Crippen molar-refractivity contribution in [2.45, 2.75) is 25.6 Å². The van der Waals surface area contributed by atoms with Crippen LogP contribution in [-0.4, -0.2) is 18.0 Å². The summed E-state index contributed by atoms with van der Waals surface area (Å²) in [6.45, 7) is 0.386. The van der Waals surface area contributed by atoms with Crippen molar-refractivity contribution in [3.05, 3.63) is 95.9 Å². The van der Waals surface area contributed by atoms with E-state index in [1.165, 1.54) is 0 Å². The smallest absolute Gasteiger partial charge is 0.408 e. The summed E-state index contributed by atoms with van der Waals surface area (Å²) in [5, 5.41) is 5.44. The summed E-state index contributed by atoms with van der Waals surface area (Å²) in [4.78, 5) is 24.9. The molecule has 6 heteroatoms. The number of benzene rings is 2. The van der Waals surface area contributed by atoms with Crippen molar-refractivity contribution < 1.29 is 18.7 Å². The van der Waals surface area contributed by atoms with E-state index in [1.807, 2.05) is 60.7 Å². The van der Waals surface area contributed by atoms with Crippen LogP contribution in [0.5, 0.6) is 0 Å². The zero-order valence-corrected chi connectivity index (χ0v) is 15.3. The van der Waals surface area contributed by atoms with Crippen LogP contribution in [0, 0.1) is 0 Å². The Morgan fingerprint density at radius 2 is 1.57 bits per heavy atom. The van der Waals surface area contributed by atoms with Gasteiger partial charge in [-0.1, -0.05) is 60.7 Å². The topological polar surface area (TPSA) is 80.6 Å². The molecule has 0 saturated heterocycles. The van der Waals surface area contributed by atoms with Gasteiger partial charge in [-0.15, -0.1) is 0 Å². The first-order valence-corrected chi connectivity index (χ1v) is 9.02.